The number of thioether (sulfide) groups is 1. The molecule has 0 saturated carbocycles. The third-order valence-electron chi connectivity index (χ3n) is 3.36. The Morgan fingerprint density at radius 2 is 2.20 bits per heavy atom. The van der Waals surface area contributed by atoms with Crippen molar-refractivity contribution < 1.29 is 9.13 Å². The second-order valence-electron chi connectivity index (χ2n) is 4.77. The van der Waals surface area contributed by atoms with E-state index in [2.05, 4.69) is 9.97 Å². The first kappa shape index (κ1) is 13.6. The molecule has 3 rings (SSSR count). The highest BCUT2D eigenvalue weighted by Crippen LogP contribution is 2.24. The van der Waals surface area contributed by atoms with Crippen LogP contribution in [0.25, 0.3) is 10.9 Å². The molecule has 1 aromatic carbocycles. The molecule has 0 unspecified atom stereocenters. The summed E-state index contributed by atoms with van der Waals surface area (Å²) in [6, 6.07) is 4.51. The Kier molecular flexibility index (Phi) is 4.03. The van der Waals surface area contributed by atoms with Crippen LogP contribution in [0.2, 0.25) is 0 Å². The molecule has 1 aromatic heterocycles. The molecule has 1 saturated heterocycles. The van der Waals surface area contributed by atoms with Crippen molar-refractivity contribution in [2.24, 2.45) is 0 Å². The average molecular weight is 294 g/mol. The van der Waals surface area contributed by atoms with Crippen molar-refractivity contribution in [3.8, 4) is 0 Å². The van der Waals surface area contributed by atoms with E-state index in [9.17, 15) is 9.18 Å². The van der Waals surface area contributed by atoms with Crippen LogP contribution in [-0.2, 0) is 10.5 Å². The molecule has 4 nitrogen and oxygen atoms in total. The molecular weight excluding hydrogens is 279 g/mol. The van der Waals surface area contributed by atoms with Crippen molar-refractivity contribution in [2.45, 2.75) is 23.8 Å². The van der Waals surface area contributed by atoms with Crippen LogP contribution in [0.4, 0.5) is 4.39 Å². The minimum absolute atomic E-state index is 0.0346. The highest BCUT2D eigenvalue weighted by Gasteiger charge is 2.15. The van der Waals surface area contributed by atoms with Crippen LogP contribution < -0.4 is 5.56 Å². The Labute approximate surface area is 119 Å². The van der Waals surface area contributed by atoms with E-state index in [4.69, 9.17) is 4.74 Å². The molecule has 0 amide bonds. The van der Waals surface area contributed by atoms with Crippen molar-refractivity contribution >= 4 is 22.7 Å². The Morgan fingerprint density at radius 1 is 1.40 bits per heavy atom. The maximum atomic E-state index is 13.6. The number of fused-ring (bicyclic) bond motifs is 1. The highest BCUT2D eigenvalue weighted by molar-refractivity contribution is 7.99. The van der Waals surface area contributed by atoms with Gasteiger partial charge in [0.2, 0.25) is 0 Å². The third kappa shape index (κ3) is 2.86. The third-order valence-corrected chi connectivity index (χ3v) is 4.74. The predicted octanol–water partition coefficient (Wildman–Crippen LogP) is 2.47. The van der Waals surface area contributed by atoms with Crippen molar-refractivity contribution in [1.29, 1.82) is 0 Å². The molecule has 2 aromatic rings. The first-order valence-corrected chi connectivity index (χ1v) is 7.65. The fourth-order valence-electron chi connectivity index (χ4n) is 2.31. The van der Waals surface area contributed by atoms with E-state index in [1.807, 2.05) is 0 Å². The number of ether oxygens (including phenoxy) is 1. The Hall–Kier alpha value is -1.40. The van der Waals surface area contributed by atoms with E-state index in [-0.39, 0.29) is 5.39 Å². The number of H-pyrrole nitrogens is 1. The molecule has 6 heteroatoms. The predicted molar refractivity (Wildman–Crippen MR) is 77.5 cm³/mol. The zero-order chi connectivity index (χ0) is 13.9. The smallest absolute Gasteiger partial charge is 0.261 e. The molecule has 2 heterocycles. The molecule has 20 heavy (non-hydrogen) atoms. The minimum atomic E-state index is -0.528. The van der Waals surface area contributed by atoms with Gasteiger partial charge in [-0.15, -0.1) is 0 Å². The van der Waals surface area contributed by atoms with E-state index in [0.29, 0.717) is 22.3 Å². The summed E-state index contributed by atoms with van der Waals surface area (Å²) in [4.78, 5) is 18.9. The summed E-state index contributed by atoms with van der Waals surface area (Å²) in [7, 11) is 0. The zero-order valence-corrected chi connectivity index (χ0v) is 11.7. The van der Waals surface area contributed by atoms with Crippen LogP contribution in [0.15, 0.2) is 23.0 Å². The van der Waals surface area contributed by atoms with E-state index in [0.717, 1.165) is 26.1 Å². The molecule has 0 atom stereocenters. The van der Waals surface area contributed by atoms with Crippen LogP contribution in [-0.4, -0.2) is 28.4 Å². The molecule has 0 aliphatic carbocycles. The molecule has 1 aliphatic heterocycles. The molecule has 1 fully saturated rings. The average Bonchev–Trinajstić information content (AvgIpc) is 2.46. The summed E-state index contributed by atoms with van der Waals surface area (Å²) in [5.41, 5.74) is 0.00649. The van der Waals surface area contributed by atoms with Gasteiger partial charge in [-0.1, -0.05) is 6.07 Å². The first-order chi connectivity index (χ1) is 9.74. The van der Waals surface area contributed by atoms with Gasteiger partial charge in [0.15, 0.2) is 0 Å². The number of rotatable bonds is 3. The SMILES string of the molecule is O=c1[nH]c(CSC2CCOCC2)nc2cccc(F)c12. The topological polar surface area (TPSA) is 55.0 Å². The fraction of sp³-hybridized carbons (Fsp3) is 0.429. The summed E-state index contributed by atoms with van der Waals surface area (Å²) < 4.78 is 18.9. The van der Waals surface area contributed by atoms with Gasteiger partial charge in [-0.3, -0.25) is 4.79 Å². The molecular formula is C14H15FN2O2S. The number of nitrogens with zero attached hydrogens (tertiary/aromatic N) is 1. The number of halogens is 1. The molecule has 0 radical (unpaired) electrons. The Balaban J connectivity index is 1.80. The number of aromatic amines is 1. The zero-order valence-electron chi connectivity index (χ0n) is 10.9. The van der Waals surface area contributed by atoms with E-state index < -0.39 is 11.4 Å². The van der Waals surface area contributed by atoms with Crippen molar-refractivity contribution in [2.75, 3.05) is 13.2 Å². The second kappa shape index (κ2) is 5.93. The van der Waals surface area contributed by atoms with E-state index in [1.165, 1.54) is 6.07 Å². The lowest BCUT2D eigenvalue weighted by Crippen LogP contribution is -2.18. The first-order valence-electron chi connectivity index (χ1n) is 6.61. The fourth-order valence-corrected chi connectivity index (χ4v) is 3.36. The summed E-state index contributed by atoms with van der Waals surface area (Å²) in [6.07, 6.45) is 2.05. The number of hydrogen-bond acceptors (Lipinski definition) is 4. The van der Waals surface area contributed by atoms with Gasteiger partial charge < -0.3 is 9.72 Å². The molecule has 1 N–H and O–H groups in total. The van der Waals surface area contributed by atoms with Gasteiger partial charge in [-0.25, -0.2) is 9.37 Å². The van der Waals surface area contributed by atoms with Gasteiger partial charge in [-0.05, 0) is 25.0 Å². The number of aromatic nitrogens is 2. The van der Waals surface area contributed by atoms with Gasteiger partial charge in [0.05, 0.1) is 11.3 Å². The van der Waals surface area contributed by atoms with E-state index >= 15 is 0 Å². The van der Waals surface area contributed by atoms with Crippen LogP contribution in [0, 0.1) is 5.82 Å². The van der Waals surface area contributed by atoms with Crippen LogP contribution in [0.1, 0.15) is 18.7 Å². The number of nitrogens with one attached hydrogen (secondary N) is 1. The van der Waals surface area contributed by atoms with Crippen molar-refractivity contribution in [1.82, 2.24) is 9.97 Å². The van der Waals surface area contributed by atoms with Gasteiger partial charge in [0.25, 0.3) is 5.56 Å². The maximum absolute atomic E-state index is 13.6. The van der Waals surface area contributed by atoms with E-state index in [1.54, 1.807) is 23.9 Å². The summed E-state index contributed by atoms with van der Waals surface area (Å²) in [5, 5.41) is 0.574. The minimum Gasteiger partial charge on any atom is -0.381 e. The van der Waals surface area contributed by atoms with Crippen LogP contribution >= 0.6 is 11.8 Å². The lowest BCUT2D eigenvalue weighted by atomic mass is 10.2. The molecule has 0 spiro atoms. The largest absolute Gasteiger partial charge is 0.381 e. The molecule has 0 bridgehead atoms. The summed E-state index contributed by atoms with van der Waals surface area (Å²) in [5.74, 6) is 0.705. The van der Waals surface area contributed by atoms with Crippen LogP contribution in [0.5, 0.6) is 0 Å². The quantitative estimate of drug-likeness (QED) is 0.945. The Bertz CT molecular complexity index is 668. The summed E-state index contributed by atoms with van der Waals surface area (Å²) >= 11 is 1.77. The van der Waals surface area contributed by atoms with Crippen LogP contribution in [0.3, 0.4) is 0 Å². The monoisotopic (exact) mass is 294 g/mol. The number of hydrogen-bond donors (Lipinski definition) is 1. The van der Waals surface area contributed by atoms with Gasteiger partial charge in [0, 0.05) is 18.5 Å². The maximum Gasteiger partial charge on any atom is 0.261 e. The second-order valence-corrected chi connectivity index (χ2v) is 6.06. The summed E-state index contributed by atoms with van der Waals surface area (Å²) in [6.45, 7) is 1.59. The highest BCUT2D eigenvalue weighted by atomic mass is 32.2. The van der Waals surface area contributed by atoms with Crippen molar-refractivity contribution in [3.63, 3.8) is 0 Å². The standard InChI is InChI=1S/C14H15FN2O2S/c15-10-2-1-3-11-13(10)14(18)17-12(16-11)8-20-9-4-6-19-7-5-9/h1-3,9H,4-8H2,(H,16,17,18). The lowest BCUT2D eigenvalue weighted by Gasteiger charge is -2.21. The normalized spacial score (nSPS) is 16.6. The van der Waals surface area contributed by atoms with Gasteiger partial charge in [0.1, 0.15) is 17.0 Å². The Morgan fingerprint density at radius 3 is 3.00 bits per heavy atom. The van der Waals surface area contributed by atoms with Gasteiger partial charge in [-0.2, -0.15) is 11.8 Å². The lowest BCUT2D eigenvalue weighted by molar-refractivity contribution is 0.1000. The van der Waals surface area contributed by atoms with Crippen molar-refractivity contribution in [3.05, 3.63) is 40.2 Å². The van der Waals surface area contributed by atoms with Gasteiger partial charge >= 0.3 is 0 Å². The number of benzene rings is 1. The molecule has 1 aliphatic rings. The molecule has 106 valence electrons.